The summed E-state index contributed by atoms with van der Waals surface area (Å²) in [6.45, 7) is 11.5. The number of ether oxygens (including phenoxy) is 1. The highest BCUT2D eigenvalue weighted by Crippen LogP contribution is 2.37. The minimum absolute atomic E-state index is 0.0134. The second kappa shape index (κ2) is 7.67. The van der Waals surface area contributed by atoms with Gasteiger partial charge in [0.1, 0.15) is 16.2 Å². The number of aromatic nitrogens is 2. The van der Waals surface area contributed by atoms with Gasteiger partial charge >= 0.3 is 0 Å². The number of fused-ring (bicyclic) bond motifs is 1. The number of nitrogens with zero attached hydrogens (tertiary/aromatic N) is 3. The number of aldehydes is 1. The molecule has 9 heteroatoms. The van der Waals surface area contributed by atoms with E-state index in [1.54, 1.807) is 0 Å². The van der Waals surface area contributed by atoms with Crippen LogP contribution in [-0.2, 0) is 4.74 Å². The maximum absolute atomic E-state index is 12.5. The van der Waals surface area contributed by atoms with Gasteiger partial charge < -0.3 is 19.5 Å². The molecule has 1 saturated heterocycles. The van der Waals surface area contributed by atoms with Crippen LogP contribution in [-0.4, -0.2) is 54.2 Å². The Morgan fingerprint density at radius 1 is 1.32 bits per heavy atom. The first-order valence-electron chi connectivity index (χ1n) is 9.23. The van der Waals surface area contributed by atoms with E-state index in [0.717, 1.165) is 0 Å². The third-order valence-electron chi connectivity index (χ3n) is 4.39. The monoisotopic (exact) mass is 408 g/mol. The van der Waals surface area contributed by atoms with Crippen molar-refractivity contribution < 1.29 is 18.8 Å². The summed E-state index contributed by atoms with van der Waals surface area (Å²) < 4.78 is 11.1. The number of morpholine rings is 1. The number of hydrogen-bond acceptors (Lipinski definition) is 7. The van der Waals surface area contributed by atoms with Crippen molar-refractivity contribution in [1.82, 2.24) is 15.5 Å². The van der Waals surface area contributed by atoms with E-state index in [2.05, 4.69) is 15.5 Å². The Morgan fingerprint density at radius 3 is 2.54 bits per heavy atom. The molecule has 0 saturated carbocycles. The van der Waals surface area contributed by atoms with E-state index >= 15 is 0 Å². The zero-order valence-corrected chi connectivity index (χ0v) is 17.5. The van der Waals surface area contributed by atoms with Crippen LogP contribution in [0.2, 0.25) is 5.02 Å². The van der Waals surface area contributed by atoms with Crippen LogP contribution >= 0.6 is 11.6 Å². The second-order valence-electron chi connectivity index (χ2n) is 8.39. The number of amides is 1. The lowest BCUT2D eigenvalue weighted by Crippen LogP contribution is -2.46. The molecule has 2 aromatic heterocycles. The van der Waals surface area contributed by atoms with Crippen molar-refractivity contribution in [3.63, 3.8) is 0 Å². The van der Waals surface area contributed by atoms with E-state index in [4.69, 9.17) is 20.9 Å². The fourth-order valence-corrected chi connectivity index (χ4v) is 3.59. The number of rotatable bonds is 4. The summed E-state index contributed by atoms with van der Waals surface area (Å²) >= 11 is 6.58. The summed E-state index contributed by atoms with van der Waals surface area (Å²) in [6.07, 6.45) is 0.585. The van der Waals surface area contributed by atoms with Crippen molar-refractivity contribution in [2.24, 2.45) is 5.41 Å². The molecule has 3 rings (SSSR count). The largest absolute Gasteiger partial charge is 0.372 e. The Balaban J connectivity index is 2.02. The molecule has 2 atom stereocenters. The SMILES string of the molecule is C[C@@H]1CN(c2c(C=O)nc3c(C(=O)NCC(C)(C)C)noc3c2Cl)C[C@H](C)O1. The van der Waals surface area contributed by atoms with Crippen molar-refractivity contribution in [3.8, 4) is 0 Å². The zero-order valence-electron chi connectivity index (χ0n) is 16.7. The Bertz CT molecular complexity index is 895. The summed E-state index contributed by atoms with van der Waals surface area (Å²) in [6, 6.07) is 0. The smallest absolute Gasteiger partial charge is 0.275 e. The molecular weight excluding hydrogens is 384 g/mol. The molecule has 0 aromatic carbocycles. The third-order valence-corrected chi connectivity index (χ3v) is 4.74. The first-order chi connectivity index (χ1) is 13.1. The van der Waals surface area contributed by atoms with Gasteiger partial charge in [0.05, 0.1) is 17.9 Å². The van der Waals surface area contributed by atoms with Gasteiger partial charge in [-0.25, -0.2) is 4.98 Å². The molecule has 0 radical (unpaired) electrons. The Hall–Kier alpha value is -2.19. The fourth-order valence-electron chi connectivity index (χ4n) is 3.25. The van der Waals surface area contributed by atoms with E-state index in [1.807, 2.05) is 39.5 Å². The summed E-state index contributed by atoms with van der Waals surface area (Å²) in [7, 11) is 0. The highest BCUT2D eigenvalue weighted by molar-refractivity contribution is 6.38. The van der Waals surface area contributed by atoms with Gasteiger partial charge in [-0.1, -0.05) is 37.5 Å². The highest BCUT2D eigenvalue weighted by atomic mass is 35.5. The average molecular weight is 409 g/mol. The van der Waals surface area contributed by atoms with Gasteiger partial charge in [0.2, 0.25) is 5.58 Å². The molecular formula is C19H25ClN4O4. The molecule has 1 amide bonds. The summed E-state index contributed by atoms with van der Waals surface area (Å²) in [5.41, 5.74) is 0.910. The number of carbonyl (C=O) groups excluding carboxylic acids is 2. The third kappa shape index (κ3) is 4.12. The second-order valence-corrected chi connectivity index (χ2v) is 8.77. The summed E-state index contributed by atoms with van der Waals surface area (Å²) in [5.74, 6) is -0.421. The van der Waals surface area contributed by atoms with Crippen molar-refractivity contribution in [2.45, 2.75) is 46.8 Å². The predicted molar refractivity (Wildman–Crippen MR) is 106 cm³/mol. The Kier molecular flexibility index (Phi) is 5.63. The number of carbonyl (C=O) groups is 2. The van der Waals surface area contributed by atoms with Crippen LogP contribution in [0.15, 0.2) is 4.52 Å². The van der Waals surface area contributed by atoms with Gasteiger partial charge in [-0.05, 0) is 19.3 Å². The maximum Gasteiger partial charge on any atom is 0.275 e. The van der Waals surface area contributed by atoms with E-state index in [1.165, 1.54) is 0 Å². The van der Waals surface area contributed by atoms with Crippen LogP contribution in [0.4, 0.5) is 5.69 Å². The maximum atomic E-state index is 12.5. The first-order valence-corrected chi connectivity index (χ1v) is 9.61. The Morgan fingerprint density at radius 2 is 1.96 bits per heavy atom. The number of hydrogen-bond donors (Lipinski definition) is 1. The van der Waals surface area contributed by atoms with Crippen molar-refractivity contribution in [3.05, 3.63) is 16.4 Å². The van der Waals surface area contributed by atoms with E-state index in [0.29, 0.717) is 31.6 Å². The fraction of sp³-hybridized carbons (Fsp3) is 0.579. The van der Waals surface area contributed by atoms with Crippen molar-refractivity contribution in [2.75, 3.05) is 24.5 Å². The molecule has 0 spiro atoms. The average Bonchev–Trinajstić information content (AvgIpc) is 3.02. The van der Waals surface area contributed by atoms with Crippen molar-refractivity contribution >= 4 is 40.6 Å². The van der Waals surface area contributed by atoms with Crippen LogP contribution in [0, 0.1) is 5.41 Å². The van der Waals surface area contributed by atoms with Crippen LogP contribution in [0.1, 0.15) is 55.6 Å². The molecule has 28 heavy (non-hydrogen) atoms. The molecule has 0 aliphatic carbocycles. The van der Waals surface area contributed by atoms with Gasteiger partial charge in [0.15, 0.2) is 12.0 Å². The number of nitrogens with one attached hydrogen (secondary N) is 1. The van der Waals surface area contributed by atoms with Crippen LogP contribution in [0.5, 0.6) is 0 Å². The lowest BCUT2D eigenvalue weighted by atomic mass is 9.97. The molecule has 1 N–H and O–H groups in total. The molecule has 0 unspecified atom stereocenters. The summed E-state index contributed by atoms with van der Waals surface area (Å²) in [4.78, 5) is 30.6. The van der Waals surface area contributed by atoms with Crippen LogP contribution < -0.4 is 10.2 Å². The standard InChI is InChI=1S/C19H25ClN4O4/c1-10-6-24(7-11(2)27-10)16-12(8-25)22-14-15(23-28-17(14)13(16)20)18(26)21-9-19(3,4)5/h8,10-11H,6-7,9H2,1-5H3,(H,21,26)/t10-,11+. The number of pyridine rings is 1. The van der Waals surface area contributed by atoms with E-state index in [9.17, 15) is 9.59 Å². The Labute approximate surface area is 168 Å². The van der Waals surface area contributed by atoms with Crippen LogP contribution in [0.25, 0.3) is 11.1 Å². The lowest BCUT2D eigenvalue weighted by Gasteiger charge is -2.37. The van der Waals surface area contributed by atoms with Gasteiger partial charge in [0.25, 0.3) is 5.91 Å². The van der Waals surface area contributed by atoms with Crippen LogP contribution in [0.3, 0.4) is 0 Å². The van der Waals surface area contributed by atoms with Gasteiger partial charge in [-0.2, -0.15) is 0 Å². The molecule has 0 bridgehead atoms. The molecule has 3 heterocycles. The van der Waals surface area contributed by atoms with Gasteiger partial charge in [0, 0.05) is 19.6 Å². The molecule has 2 aromatic rings. The zero-order chi connectivity index (χ0) is 20.6. The predicted octanol–water partition coefficient (Wildman–Crippen LogP) is 3.08. The normalized spacial score (nSPS) is 20.4. The molecule has 1 aliphatic heterocycles. The van der Waals surface area contributed by atoms with Crippen molar-refractivity contribution in [1.29, 1.82) is 0 Å². The molecule has 152 valence electrons. The molecule has 1 fully saturated rings. The minimum atomic E-state index is -0.421. The lowest BCUT2D eigenvalue weighted by molar-refractivity contribution is -0.00526. The minimum Gasteiger partial charge on any atom is -0.372 e. The number of anilines is 1. The van der Waals surface area contributed by atoms with E-state index < -0.39 is 5.91 Å². The first kappa shape index (κ1) is 20.5. The number of halogens is 1. The quantitative estimate of drug-likeness (QED) is 0.776. The topological polar surface area (TPSA) is 97.6 Å². The summed E-state index contributed by atoms with van der Waals surface area (Å²) in [5, 5.41) is 6.88. The van der Waals surface area contributed by atoms with E-state index in [-0.39, 0.29) is 45.1 Å². The molecule has 8 nitrogen and oxygen atoms in total. The van der Waals surface area contributed by atoms with Gasteiger partial charge in [-0.15, -0.1) is 0 Å². The highest BCUT2D eigenvalue weighted by Gasteiger charge is 2.30. The molecule has 1 aliphatic rings. The van der Waals surface area contributed by atoms with Gasteiger partial charge in [-0.3, -0.25) is 9.59 Å².